The number of benzene rings is 1. The number of rotatable bonds is 4. The second-order valence-electron chi connectivity index (χ2n) is 5.06. The maximum Gasteiger partial charge on any atom is 0.337 e. The second kappa shape index (κ2) is 7.44. The van der Waals surface area contributed by atoms with Crippen molar-refractivity contribution in [1.29, 1.82) is 0 Å². The van der Waals surface area contributed by atoms with Crippen molar-refractivity contribution in [1.82, 2.24) is 0 Å². The standard InChI is InChI=1S/C19H20O2/c1-15(17-7-5-3-4-6-8-17)9-10-16-11-13-18(14-12-16)19(20)21-2/h3-15,17H,1-2H3. The van der Waals surface area contributed by atoms with Gasteiger partial charge in [-0.3, -0.25) is 0 Å². The van der Waals surface area contributed by atoms with E-state index in [2.05, 4.69) is 48.1 Å². The van der Waals surface area contributed by atoms with Crippen molar-refractivity contribution in [2.75, 3.05) is 7.11 Å². The van der Waals surface area contributed by atoms with Crippen LogP contribution in [0.15, 0.2) is 66.8 Å². The number of methoxy groups -OCH3 is 1. The number of allylic oxidation sites excluding steroid dienone is 7. The minimum absolute atomic E-state index is 0.305. The van der Waals surface area contributed by atoms with Crippen LogP contribution in [0.2, 0.25) is 0 Å². The third-order valence-corrected chi connectivity index (χ3v) is 3.53. The summed E-state index contributed by atoms with van der Waals surface area (Å²) < 4.78 is 4.69. The van der Waals surface area contributed by atoms with E-state index >= 15 is 0 Å². The predicted octanol–water partition coefficient (Wildman–Crippen LogP) is 4.42. The van der Waals surface area contributed by atoms with Gasteiger partial charge in [-0.1, -0.05) is 67.7 Å². The Morgan fingerprint density at radius 1 is 1.10 bits per heavy atom. The number of carbonyl (C=O) groups is 1. The van der Waals surface area contributed by atoms with Crippen molar-refractivity contribution in [2.24, 2.45) is 11.8 Å². The molecule has 0 heterocycles. The molecule has 0 aromatic heterocycles. The first-order valence-electron chi connectivity index (χ1n) is 7.09. The average molecular weight is 280 g/mol. The zero-order valence-electron chi connectivity index (χ0n) is 12.4. The minimum atomic E-state index is -0.305. The summed E-state index contributed by atoms with van der Waals surface area (Å²) in [6, 6.07) is 7.42. The number of hydrogen-bond acceptors (Lipinski definition) is 2. The molecule has 0 saturated carbocycles. The fourth-order valence-corrected chi connectivity index (χ4v) is 2.17. The lowest BCUT2D eigenvalue weighted by atomic mass is 9.92. The van der Waals surface area contributed by atoms with E-state index in [1.807, 2.05) is 24.3 Å². The molecule has 1 atom stereocenters. The molecule has 1 aromatic carbocycles. The largest absolute Gasteiger partial charge is 0.465 e. The molecule has 0 radical (unpaired) electrons. The van der Waals surface area contributed by atoms with E-state index in [1.165, 1.54) is 7.11 Å². The van der Waals surface area contributed by atoms with E-state index in [-0.39, 0.29) is 5.97 Å². The van der Waals surface area contributed by atoms with E-state index in [0.717, 1.165) is 5.56 Å². The maximum atomic E-state index is 11.4. The van der Waals surface area contributed by atoms with Crippen LogP contribution < -0.4 is 0 Å². The molecule has 1 aromatic rings. The first kappa shape index (κ1) is 15.0. The van der Waals surface area contributed by atoms with Gasteiger partial charge in [-0.2, -0.15) is 0 Å². The Labute approximate surface area is 126 Å². The van der Waals surface area contributed by atoms with E-state index < -0.39 is 0 Å². The van der Waals surface area contributed by atoms with Gasteiger partial charge in [-0.25, -0.2) is 4.79 Å². The molecule has 108 valence electrons. The smallest absolute Gasteiger partial charge is 0.337 e. The Hall–Kier alpha value is -2.35. The Kier molecular flexibility index (Phi) is 5.33. The monoisotopic (exact) mass is 280 g/mol. The lowest BCUT2D eigenvalue weighted by Gasteiger charge is -2.12. The van der Waals surface area contributed by atoms with Gasteiger partial charge in [0.15, 0.2) is 0 Å². The quantitative estimate of drug-likeness (QED) is 0.763. The molecule has 2 rings (SSSR count). The molecule has 2 heteroatoms. The van der Waals surface area contributed by atoms with Crippen molar-refractivity contribution in [3.05, 3.63) is 77.9 Å². The Bertz CT molecular complexity index is 572. The lowest BCUT2D eigenvalue weighted by molar-refractivity contribution is 0.0601. The van der Waals surface area contributed by atoms with Gasteiger partial charge in [-0.05, 0) is 23.6 Å². The highest BCUT2D eigenvalue weighted by Crippen LogP contribution is 2.19. The summed E-state index contributed by atoms with van der Waals surface area (Å²) in [5.41, 5.74) is 1.65. The van der Waals surface area contributed by atoms with Gasteiger partial charge in [0, 0.05) is 5.92 Å². The van der Waals surface area contributed by atoms with Crippen LogP contribution in [-0.4, -0.2) is 13.1 Å². The third-order valence-electron chi connectivity index (χ3n) is 3.53. The van der Waals surface area contributed by atoms with Crippen LogP contribution in [0, 0.1) is 11.8 Å². The predicted molar refractivity (Wildman–Crippen MR) is 86.9 cm³/mol. The Balaban J connectivity index is 2.02. The first-order chi connectivity index (χ1) is 10.2. The molecule has 1 aliphatic carbocycles. The van der Waals surface area contributed by atoms with E-state index in [0.29, 0.717) is 17.4 Å². The fourth-order valence-electron chi connectivity index (χ4n) is 2.17. The highest BCUT2D eigenvalue weighted by molar-refractivity contribution is 5.89. The van der Waals surface area contributed by atoms with Crippen LogP contribution in [0.25, 0.3) is 6.08 Å². The molecule has 0 saturated heterocycles. The van der Waals surface area contributed by atoms with Gasteiger partial charge in [0.1, 0.15) is 0 Å². The minimum Gasteiger partial charge on any atom is -0.465 e. The Morgan fingerprint density at radius 2 is 1.71 bits per heavy atom. The van der Waals surface area contributed by atoms with Gasteiger partial charge in [0.2, 0.25) is 0 Å². The summed E-state index contributed by atoms with van der Waals surface area (Å²) in [4.78, 5) is 11.4. The Morgan fingerprint density at radius 3 is 2.29 bits per heavy atom. The van der Waals surface area contributed by atoms with Crippen molar-refractivity contribution >= 4 is 12.0 Å². The topological polar surface area (TPSA) is 26.3 Å². The molecular weight excluding hydrogens is 260 g/mol. The molecule has 1 aliphatic rings. The molecule has 0 N–H and O–H groups in total. The van der Waals surface area contributed by atoms with E-state index in [4.69, 9.17) is 0 Å². The SMILES string of the molecule is COC(=O)c1ccc(C=CC(C)C2C=CC=CC=C2)cc1. The summed E-state index contributed by atoms with van der Waals surface area (Å²) >= 11 is 0. The average Bonchev–Trinajstić information content (AvgIpc) is 2.81. The highest BCUT2D eigenvalue weighted by Gasteiger charge is 2.08. The summed E-state index contributed by atoms with van der Waals surface area (Å²) in [5.74, 6) is 0.517. The van der Waals surface area contributed by atoms with Crippen LogP contribution in [0.1, 0.15) is 22.8 Å². The molecule has 0 bridgehead atoms. The molecule has 1 unspecified atom stereocenters. The number of ether oxygens (including phenoxy) is 1. The number of esters is 1. The lowest BCUT2D eigenvalue weighted by Crippen LogP contribution is -2.03. The molecule has 21 heavy (non-hydrogen) atoms. The number of hydrogen-bond donors (Lipinski definition) is 0. The van der Waals surface area contributed by atoms with Crippen molar-refractivity contribution < 1.29 is 9.53 Å². The van der Waals surface area contributed by atoms with Crippen LogP contribution in [0.4, 0.5) is 0 Å². The van der Waals surface area contributed by atoms with Crippen LogP contribution >= 0.6 is 0 Å². The summed E-state index contributed by atoms with van der Waals surface area (Å²) in [7, 11) is 1.39. The summed E-state index contributed by atoms with van der Waals surface area (Å²) in [5, 5.41) is 0. The van der Waals surface area contributed by atoms with Crippen LogP contribution in [0.3, 0.4) is 0 Å². The van der Waals surface area contributed by atoms with E-state index in [1.54, 1.807) is 12.1 Å². The highest BCUT2D eigenvalue weighted by atomic mass is 16.5. The van der Waals surface area contributed by atoms with Gasteiger partial charge >= 0.3 is 5.97 Å². The summed E-state index contributed by atoms with van der Waals surface area (Å²) in [6.45, 7) is 2.20. The molecule has 0 fully saturated rings. The van der Waals surface area contributed by atoms with Crippen molar-refractivity contribution in [3.8, 4) is 0 Å². The van der Waals surface area contributed by atoms with Crippen molar-refractivity contribution in [2.45, 2.75) is 6.92 Å². The van der Waals surface area contributed by atoms with Gasteiger partial charge in [0.25, 0.3) is 0 Å². The maximum absolute atomic E-state index is 11.4. The van der Waals surface area contributed by atoms with Crippen molar-refractivity contribution in [3.63, 3.8) is 0 Å². The third kappa shape index (κ3) is 4.32. The molecule has 0 amide bonds. The number of carbonyl (C=O) groups excluding carboxylic acids is 1. The van der Waals surface area contributed by atoms with Gasteiger partial charge in [0.05, 0.1) is 12.7 Å². The molecule has 0 aliphatic heterocycles. The van der Waals surface area contributed by atoms with Crippen LogP contribution in [-0.2, 0) is 4.74 Å². The second-order valence-corrected chi connectivity index (χ2v) is 5.06. The zero-order valence-corrected chi connectivity index (χ0v) is 12.4. The zero-order chi connectivity index (χ0) is 15.1. The molecule has 2 nitrogen and oxygen atoms in total. The van der Waals surface area contributed by atoms with Crippen LogP contribution in [0.5, 0.6) is 0 Å². The van der Waals surface area contributed by atoms with Gasteiger partial charge < -0.3 is 4.74 Å². The molecular formula is C19H20O2. The molecule has 0 spiro atoms. The van der Waals surface area contributed by atoms with E-state index in [9.17, 15) is 4.79 Å². The van der Waals surface area contributed by atoms with Gasteiger partial charge in [-0.15, -0.1) is 0 Å². The summed E-state index contributed by atoms with van der Waals surface area (Å²) in [6.07, 6.45) is 16.9. The fraction of sp³-hybridized carbons (Fsp3) is 0.211. The normalized spacial score (nSPS) is 16.1. The first-order valence-corrected chi connectivity index (χ1v) is 7.09.